The molecule has 2 aromatic heterocycles. The van der Waals surface area contributed by atoms with Crippen LogP contribution in [0, 0.1) is 6.92 Å². The summed E-state index contributed by atoms with van der Waals surface area (Å²) in [7, 11) is 0. The maximum absolute atomic E-state index is 5.98. The fourth-order valence-corrected chi connectivity index (χ4v) is 2.09. The number of hydrogen-bond acceptors (Lipinski definition) is 6. The Morgan fingerprint density at radius 3 is 3.00 bits per heavy atom. The van der Waals surface area contributed by atoms with Crippen LogP contribution in [-0.4, -0.2) is 9.97 Å². The first-order valence-electron chi connectivity index (χ1n) is 4.42. The second-order valence-corrected chi connectivity index (χ2v) is 4.37. The molecule has 0 aliphatic rings. The van der Waals surface area contributed by atoms with Crippen molar-refractivity contribution in [3.63, 3.8) is 0 Å². The van der Waals surface area contributed by atoms with E-state index in [0.29, 0.717) is 16.0 Å². The van der Waals surface area contributed by atoms with Crippen molar-refractivity contribution in [2.75, 3.05) is 5.43 Å². The number of nitrogens with zero attached hydrogens (tertiary/aromatic N) is 2. The van der Waals surface area contributed by atoms with Gasteiger partial charge < -0.3 is 4.42 Å². The summed E-state index contributed by atoms with van der Waals surface area (Å²) in [6.07, 6.45) is 3.12. The number of rotatable bonds is 3. The number of aromatic nitrogens is 2. The Bertz CT molecular complexity index is 502. The van der Waals surface area contributed by atoms with Gasteiger partial charge in [-0.3, -0.25) is 5.43 Å². The number of halogens is 1. The second-order valence-electron chi connectivity index (χ2n) is 2.93. The van der Waals surface area contributed by atoms with E-state index in [-0.39, 0.29) is 0 Å². The lowest BCUT2D eigenvalue weighted by Gasteiger charge is -2.03. The summed E-state index contributed by atoms with van der Waals surface area (Å²) in [6, 6.07) is 1.86. The summed E-state index contributed by atoms with van der Waals surface area (Å²) >= 11 is 7.38. The van der Waals surface area contributed by atoms with Crippen LogP contribution in [0.1, 0.15) is 5.76 Å². The lowest BCUT2D eigenvalue weighted by Crippen LogP contribution is -2.10. The first kappa shape index (κ1) is 11.3. The van der Waals surface area contributed by atoms with Crippen molar-refractivity contribution in [3.8, 4) is 0 Å². The molecule has 0 aliphatic heterocycles. The Morgan fingerprint density at radius 2 is 2.38 bits per heavy atom. The highest BCUT2D eigenvalue weighted by atomic mass is 35.5. The van der Waals surface area contributed by atoms with Gasteiger partial charge in [0.15, 0.2) is 0 Å². The number of aryl methyl sites for hydroxylation is 1. The maximum atomic E-state index is 5.98. The Balaban J connectivity index is 2.30. The predicted octanol–water partition coefficient (Wildman–Crippen LogP) is 2.47. The van der Waals surface area contributed by atoms with Crippen molar-refractivity contribution in [1.29, 1.82) is 0 Å². The summed E-state index contributed by atoms with van der Waals surface area (Å²) < 4.78 is 5.19. The number of furan rings is 1. The smallest absolute Gasteiger partial charge is 0.238 e. The average Bonchev–Trinajstić information content (AvgIpc) is 2.68. The first-order valence-corrected chi connectivity index (χ1v) is 5.61. The Hall–Kier alpha value is -1.24. The molecule has 0 fully saturated rings. The highest BCUT2D eigenvalue weighted by Gasteiger charge is 2.10. The van der Waals surface area contributed by atoms with Crippen LogP contribution in [0.15, 0.2) is 32.9 Å². The zero-order chi connectivity index (χ0) is 11.5. The van der Waals surface area contributed by atoms with Crippen LogP contribution in [-0.2, 0) is 0 Å². The van der Waals surface area contributed by atoms with E-state index in [1.165, 1.54) is 18.0 Å². The maximum Gasteiger partial charge on any atom is 0.238 e. The summed E-state index contributed by atoms with van der Waals surface area (Å²) in [4.78, 5) is 9.00. The van der Waals surface area contributed by atoms with Crippen molar-refractivity contribution >= 4 is 29.3 Å². The largest absolute Gasteiger partial charge is 0.468 e. The molecule has 0 aromatic carbocycles. The summed E-state index contributed by atoms with van der Waals surface area (Å²) in [5.41, 5.74) is 2.37. The van der Waals surface area contributed by atoms with Gasteiger partial charge in [-0.2, -0.15) is 0 Å². The van der Waals surface area contributed by atoms with Gasteiger partial charge in [0, 0.05) is 0 Å². The lowest BCUT2D eigenvalue weighted by molar-refractivity contribution is 0.527. The minimum atomic E-state index is 0.327. The van der Waals surface area contributed by atoms with E-state index in [1.54, 1.807) is 6.26 Å². The number of nitrogens with one attached hydrogen (secondary N) is 1. The van der Waals surface area contributed by atoms with Gasteiger partial charge in [-0.25, -0.2) is 15.8 Å². The van der Waals surface area contributed by atoms with Gasteiger partial charge in [0.2, 0.25) is 5.95 Å². The molecule has 0 saturated carbocycles. The highest BCUT2D eigenvalue weighted by molar-refractivity contribution is 7.99. The number of anilines is 1. The van der Waals surface area contributed by atoms with E-state index < -0.39 is 0 Å². The zero-order valence-electron chi connectivity index (χ0n) is 8.40. The molecule has 0 spiro atoms. The molecular formula is C9H9ClN4OS. The number of hydrazine groups is 1. The van der Waals surface area contributed by atoms with Crippen LogP contribution >= 0.6 is 23.4 Å². The van der Waals surface area contributed by atoms with Gasteiger partial charge in [-0.1, -0.05) is 23.4 Å². The van der Waals surface area contributed by atoms with E-state index >= 15 is 0 Å². The molecule has 0 aliphatic carbocycles. The molecule has 16 heavy (non-hydrogen) atoms. The quantitative estimate of drug-likeness (QED) is 0.499. The van der Waals surface area contributed by atoms with Crippen molar-refractivity contribution in [1.82, 2.24) is 9.97 Å². The molecule has 7 heteroatoms. The van der Waals surface area contributed by atoms with Crippen molar-refractivity contribution in [2.24, 2.45) is 5.84 Å². The van der Waals surface area contributed by atoms with Gasteiger partial charge >= 0.3 is 0 Å². The Morgan fingerprint density at radius 1 is 1.56 bits per heavy atom. The zero-order valence-corrected chi connectivity index (χ0v) is 9.97. The van der Waals surface area contributed by atoms with E-state index in [9.17, 15) is 0 Å². The fraction of sp³-hybridized carbons (Fsp3) is 0.111. The summed E-state index contributed by atoms with van der Waals surface area (Å²) in [6.45, 7) is 1.87. The van der Waals surface area contributed by atoms with Gasteiger partial charge in [0.1, 0.15) is 10.8 Å². The first-order chi connectivity index (χ1) is 7.70. The standard InChI is InChI=1S/C9H9ClN4OS/c1-5-7(2-3-15-5)16-8-6(10)4-12-9(13-8)14-11/h2-4H,11H2,1H3,(H,12,13,14). The second kappa shape index (κ2) is 4.73. The third-order valence-corrected chi connectivity index (χ3v) is 3.40. The van der Waals surface area contributed by atoms with Gasteiger partial charge in [-0.15, -0.1) is 0 Å². The molecule has 0 atom stereocenters. The van der Waals surface area contributed by atoms with E-state index in [2.05, 4.69) is 15.4 Å². The van der Waals surface area contributed by atoms with Crippen LogP contribution in [0.4, 0.5) is 5.95 Å². The molecule has 2 rings (SSSR count). The molecule has 0 radical (unpaired) electrons. The van der Waals surface area contributed by atoms with E-state index in [0.717, 1.165) is 10.7 Å². The molecule has 0 saturated heterocycles. The van der Waals surface area contributed by atoms with Crippen LogP contribution in [0.3, 0.4) is 0 Å². The molecule has 2 aromatic rings. The molecule has 0 amide bonds. The van der Waals surface area contributed by atoms with E-state index in [1.807, 2.05) is 13.0 Å². The highest BCUT2D eigenvalue weighted by Crippen LogP contribution is 2.33. The molecule has 84 valence electrons. The Kier molecular flexibility index (Phi) is 3.33. The normalized spacial score (nSPS) is 10.4. The van der Waals surface area contributed by atoms with Crippen molar-refractivity contribution < 1.29 is 4.42 Å². The van der Waals surface area contributed by atoms with E-state index in [4.69, 9.17) is 21.9 Å². The summed E-state index contributed by atoms with van der Waals surface area (Å²) in [5, 5.41) is 1.11. The fourth-order valence-electron chi connectivity index (χ4n) is 1.08. The molecular weight excluding hydrogens is 248 g/mol. The Labute approximate surface area is 101 Å². The van der Waals surface area contributed by atoms with Gasteiger partial charge in [0.25, 0.3) is 0 Å². The van der Waals surface area contributed by atoms with Crippen molar-refractivity contribution in [3.05, 3.63) is 29.3 Å². The number of hydrogen-bond donors (Lipinski definition) is 2. The summed E-state index contributed by atoms with van der Waals surface area (Å²) in [5.74, 6) is 6.37. The van der Waals surface area contributed by atoms with Crippen LogP contribution in [0.2, 0.25) is 5.02 Å². The topological polar surface area (TPSA) is 77.0 Å². The number of nitrogens with two attached hydrogens (primary N) is 1. The predicted molar refractivity (Wildman–Crippen MR) is 62.4 cm³/mol. The minimum absolute atomic E-state index is 0.327. The lowest BCUT2D eigenvalue weighted by atomic mass is 10.5. The SMILES string of the molecule is Cc1occc1Sc1nc(NN)ncc1Cl. The van der Waals surface area contributed by atoms with Crippen molar-refractivity contribution in [2.45, 2.75) is 16.8 Å². The molecule has 0 unspecified atom stereocenters. The minimum Gasteiger partial charge on any atom is -0.468 e. The number of nitrogen functional groups attached to an aromatic ring is 1. The average molecular weight is 257 g/mol. The van der Waals surface area contributed by atoms with Gasteiger partial charge in [-0.05, 0) is 13.0 Å². The molecule has 3 N–H and O–H groups in total. The van der Waals surface area contributed by atoms with Crippen LogP contribution in [0.25, 0.3) is 0 Å². The molecule has 0 bridgehead atoms. The van der Waals surface area contributed by atoms with Crippen LogP contribution in [0.5, 0.6) is 0 Å². The monoisotopic (exact) mass is 256 g/mol. The molecule has 2 heterocycles. The molecule has 5 nitrogen and oxygen atoms in total. The van der Waals surface area contributed by atoms with Crippen LogP contribution < -0.4 is 11.3 Å². The third kappa shape index (κ3) is 2.29. The third-order valence-electron chi connectivity index (χ3n) is 1.86. The van der Waals surface area contributed by atoms with Gasteiger partial charge in [0.05, 0.1) is 22.4 Å².